The van der Waals surface area contributed by atoms with Crippen molar-refractivity contribution in [1.29, 1.82) is 0 Å². The van der Waals surface area contributed by atoms with Crippen molar-refractivity contribution in [3.05, 3.63) is 53.1 Å². The third-order valence-corrected chi connectivity index (χ3v) is 5.95. The van der Waals surface area contributed by atoms with E-state index < -0.39 is 17.9 Å². The van der Waals surface area contributed by atoms with E-state index in [1.807, 2.05) is 7.05 Å². The number of pyridine rings is 1. The molecule has 178 valence electrons. The molecule has 4 rings (SSSR count). The summed E-state index contributed by atoms with van der Waals surface area (Å²) in [4.78, 5) is 26.1. The van der Waals surface area contributed by atoms with Crippen LogP contribution in [0.15, 0.2) is 30.5 Å². The molecule has 1 aliphatic rings. The summed E-state index contributed by atoms with van der Waals surface area (Å²) in [6.07, 6.45) is -2.10. The monoisotopic (exact) mass is 482 g/mol. The Hall–Kier alpha value is -2.85. The number of aromatic nitrogens is 3. The van der Waals surface area contributed by atoms with Gasteiger partial charge in [-0.3, -0.25) is 4.90 Å². The van der Waals surface area contributed by atoms with Gasteiger partial charge in [-0.15, -0.1) is 12.4 Å². The first-order valence-corrected chi connectivity index (χ1v) is 10.4. The number of benzene rings is 1. The molecule has 2 aromatic heterocycles. The van der Waals surface area contributed by atoms with Crippen molar-refractivity contribution in [3.63, 3.8) is 0 Å². The van der Waals surface area contributed by atoms with Crippen LogP contribution in [0.1, 0.15) is 41.5 Å². The number of likely N-dealkylation sites (tertiary alicyclic amines) is 1. The molecular weight excluding hydrogens is 457 g/mol. The van der Waals surface area contributed by atoms with E-state index in [-0.39, 0.29) is 30.2 Å². The lowest BCUT2D eigenvalue weighted by Crippen LogP contribution is -2.46. The average Bonchev–Trinajstić information content (AvgIpc) is 3.12. The molecule has 1 aliphatic heterocycles. The Bertz CT molecular complexity index is 1090. The van der Waals surface area contributed by atoms with Crippen molar-refractivity contribution in [1.82, 2.24) is 25.2 Å². The molecule has 0 aliphatic carbocycles. The first-order valence-electron chi connectivity index (χ1n) is 10.4. The van der Waals surface area contributed by atoms with Crippen LogP contribution in [0, 0.1) is 13.8 Å². The number of alkyl halides is 3. The highest BCUT2D eigenvalue weighted by atomic mass is 35.5. The number of fused-ring (bicyclic) bond motifs is 1. The van der Waals surface area contributed by atoms with E-state index in [4.69, 9.17) is 4.98 Å². The van der Waals surface area contributed by atoms with Gasteiger partial charge in [0.2, 0.25) is 0 Å². The van der Waals surface area contributed by atoms with Gasteiger partial charge < -0.3 is 15.6 Å². The van der Waals surface area contributed by atoms with Gasteiger partial charge in [-0.1, -0.05) is 0 Å². The second kappa shape index (κ2) is 9.56. The third-order valence-electron chi connectivity index (χ3n) is 5.95. The van der Waals surface area contributed by atoms with Gasteiger partial charge in [0, 0.05) is 12.6 Å². The number of carbonyl (C=O) groups excluding carboxylic acids is 1. The Morgan fingerprint density at radius 1 is 1.21 bits per heavy atom. The first-order chi connectivity index (χ1) is 15.1. The second-order valence-electron chi connectivity index (χ2n) is 8.32. The van der Waals surface area contributed by atoms with Gasteiger partial charge in [0.1, 0.15) is 11.5 Å². The predicted octanol–water partition coefficient (Wildman–Crippen LogP) is 4.97. The number of aryl methyl sites for hydroxylation is 2. The van der Waals surface area contributed by atoms with Crippen molar-refractivity contribution in [2.45, 2.75) is 44.9 Å². The van der Waals surface area contributed by atoms with Crippen LogP contribution in [-0.2, 0) is 6.18 Å². The minimum Gasteiger partial charge on any atom is -0.341 e. The molecule has 3 aromatic rings. The number of amides is 2. The van der Waals surface area contributed by atoms with Gasteiger partial charge in [-0.2, -0.15) is 13.2 Å². The van der Waals surface area contributed by atoms with Gasteiger partial charge in [0.15, 0.2) is 0 Å². The van der Waals surface area contributed by atoms with Gasteiger partial charge >= 0.3 is 12.2 Å². The summed E-state index contributed by atoms with van der Waals surface area (Å²) >= 11 is 0. The smallest absolute Gasteiger partial charge is 0.341 e. The van der Waals surface area contributed by atoms with Crippen LogP contribution < -0.4 is 10.6 Å². The molecule has 0 spiro atoms. The van der Waals surface area contributed by atoms with E-state index in [2.05, 4.69) is 51.5 Å². The minimum absolute atomic E-state index is 0. The normalized spacial score (nSPS) is 19.2. The number of urea groups is 1. The Kier molecular flexibility index (Phi) is 7.18. The van der Waals surface area contributed by atoms with Gasteiger partial charge in [0.05, 0.1) is 29.0 Å². The molecule has 0 unspecified atom stereocenters. The van der Waals surface area contributed by atoms with Crippen LogP contribution in [0.25, 0.3) is 11.0 Å². The lowest BCUT2D eigenvalue weighted by Gasteiger charge is -2.36. The number of halogens is 4. The van der Waals surface area contributed by atoms with E-state index in [9.17, 15) is 18.0 Å². The fourth-order valence-electron chi connectivity index (χ4n) is 3.97. The lowest BCUT2D eigenvalue weighted by molar-refractivity contribution is -0.141. The standard InChI is InChI=1S/C22H25F3N6O.ClH/c1-12-8-16-17(9-13(12)2)30-20(29-16)18-10-14(6-7-31(18)3)27-21(32)28-15-4-5-19(26-11-15)22(23,24)25;/h4-5,8-9,11,14,18H,6-7,10H2,1-3H3,(H,29,30)(H2,27,28,32);1H/t14-,18-;/m1./s1. The number of H-pyrrole nitrogens is 1. The molecule has 0 bridgehead atoms. The van der Waals surface area contributed by atoms with Crippen LogP contribution in [0.4, 0.5) is 23.7 Å². The van der Waals surface area contributed by atoms with Crippen LogP contribution in [0.5, 0.6) is 0 Å². The summed E-state index contributed by atoms with van der Waals surface area (Å²) in [6.45, 7) is 4.89. The number of hydrogen-bond acceptors (Lipinski definition) is 4. The number of piperidine rings is 1. The molecule has 0 radical (unpaired) electrons. The summed E-state index contributed by atoms with van der Waals surface area (Å²) in [6, 6.07) is 5.61. The highest BCUT2D eigenvalue weighted by molar-refractivity contribution is 5.89. The summed E-state index contributed by atoms with van der Waals surface area (Å²) < 4.78 is 37.9. The first kappa shape index (κ1) is 24.8. The molecule has 2 atom stereocenters. The number of hydrogen-bond donors (Lipinski definition) is 3. The largest absolute Gasteiger partial charge is 0.433 e. The zero-order valence-electron chi connectivity index (χ0n) is 18.5. The molecule has 3 N–H and O–H groups in total. The van der Waals surface area contributed by atoms with Crippen LogP contribution >= 0.6 is 12.4 Å². The topological polar surface area (TPSA) is 85.9 Å². The molecule has 1 saturated heterocycles. The maximum absolute atomic E-state index is 12.6. The van der Waals surface area contributed by atoms with Gasteiger partial charge in [-0.25, -0.2) is 14.8 Å². The molecule has 0 saturated carbocycles. The fourth-order valence-corrected chi connectivity index (χ4v) is 3.97. The van der Waals surface area contributed by atoms with Gasteiger partial charge in [0.25, 0.3) is 0 Å². The third kappa shape index (κ3) is 5.56. The summed E-state index contributed by atoms with van der Waals surface area (Å²) in [5, 5.41) is 5.47. The number of nitrogens with zero attached hydrogens (tertiary/aromatic N) is 3. The van der Waals surface area contributed by atoms with E-state index in [0.29, 0.717) is 6.42 Å². The predicted molar refractivity (Wildman–Crippen MR) is 123 cm³/mol. The summed E-state index contributed by atoms with van der Waals surface area (Å²) in [5.41, 5.74) is 3.47. The Morgan fingerprint density at radius 2 is 1.94 bits per heavy atom. The minimum atomic E-state index is -4.52. The molecule has 1 aromatic carbocycles. The molecular formula is C22H26ClF3N6O. The van der Waals surface area contributed by atoms with Crippen molar-refractivity contribution >= 4 is 35.2 Å². The van der Waals surface area contributed by atoms with Crippen LogP contribution in [0.3, 0.4) is 0 Å². The maximum atomic E-state index is 12.6. The Balaban J connectivity index is 0.00000306. The van der Waals surface area contributed by atoms with Crippen LogP contribution in [-0.4, -0.2) is 45.5 Å². The number of anilines is 1. The van der Waals surface area contributed by atoms with Crippen molar-refractivity contribution < 1.29 is 18.0 Å². The van der Waals surface area contributed by atoms with Crippen LogP contribution in [0.2, 0.25) is 0 Å². The van der Waals surface area contributed by atoms with Crippen molar-refractivity contribution in [2.24, 2.45) is 0 Å². The molecule has 1 fully saturated rings. The zero-order chi connectivity index (χ0) is 23.0. The summed E-state index contributed by atoms with van der Waals surface area (Å²) in [7, 11) is 2.03. The molecule has 33 heavy (non-hydrogen) atoms. The Morgan fingerprint density at radius 3 is 2.61 bits per heavy atom. The summed E-state index contributed by atoms with van der Waals surface area (Å²) in [5.74, 6) is 0.853. The molecule has 7 nitrogen and oxygen atoms in total. The number of nitrogens with one attached hydrogen (secondary N) is 3. The van der Waals surface area contributed by atoms with Gasteiger partial charge in [-0.05, 0) is 69.1 Å². The Labute approximate surface area is 195 Å². The van der Waals surface area contributed by atoms with E-state index >= 15 is 0 Å². The zero-order valence-corrected chi connectivity index (χ0v) is 19.3. The highest BCUT2D eigenvalue weighted by Crippen LogP contribution is 2.30. The lowest BCUT2D eigenvalue weighted by atomic mass is 9.97. The van der Waals surface area contributed by atoms with E-state index in [0.717, 1.165) is 42.1 Å². The average molecular weight is 483 g/mol. The van der Waals surface area contributed by atoms with Crippen molar-refractivity contribution in [2.75, 3.05) is 18.9 Å². The number of carbonyl (C=O) groups is 1. The van der Waals surface area contributed by atoms with Crippen molar-refractivity contribution in [3.8, 4) is 0 Å². The molecule has 11 heteroatoms. The SMILES string of the molecule is Cc1cc2nc([C@H]3C[C@H](NC(=O)Nc4ccc(C(F)(F)F)nc4)CCN3C)[nH]c2cc1C.Cl. The highest BCUT2D eigenvalue weighted by Gasteiger charge is 2.32. The molecule has 2 amide bonds. The maximum Gasteiger partial charge on any atom is 0.433 e. The number of imidazole rings is 1. The quantitative estimate of drug-likeness (QED) is 0.492. The number of rotatable bonds is 3. The fraction of sp³-hybridized carbons (Fsp3) is 0.409. The number of aromatic amines is 1. The van der Waals surface area contributed by atoms with E-state index in [1.165, 1.54) is 17.2 Å². The van der Waals surface area contributed by atoms with E-state index in [1.54, 1.807) is 0 Å². The molecule has 3 heterocycles. The second-order valence-corrected chi connectivity index (χ2v) is 8.32.